The topological polar surface area (TPSA) is 53.0 Å². The minimum absolute atomic E-state index is 0.0504. The van der Waals surface area contributed by atoms with E-state index < -0.39 is 11.4 Å². The molecule has 0 radical (unpaired) electrons. The Labute approximate surface area is 123 Å². The number of halogens is 1. The lowest BCUT2D eigenvalue weighted by Crippen LogP contribution is -2.43. The maximum atomic E-state index is 13.7. The number of ether oxygens (including phenoxy) is 1. The fourth-order valence-electron chi connectivity index (χ4n) is 2.80. The van der Waals surface area contributed by atoms with Crippen molar-refractivity contribution in [2.45, 2.75) is 12.0 Å². The van der Waals surface area contributed by atoms with E-state index in [2.05, 4.69) is 0 Å². The second-order valence-electron chi connectivity index (χ2n) is 5.76. The Balaban J connectivity index is 2.17. The second kappa shape index (κ2) is 5.99. The molecule has 1 heterocycles. The Hall–Kier alpha value is -1.66. The van der Waals surface area contributed by atoms with E-state index in [0.29, 0.717) is 19.5 Å². The first-order valence-corrected chi connectivity index (χ1v) is 6.85. The average molecular weight is 296 g/mol. The van der Waals surface area contributed by atoms with Crippen molar-refractivity contribution >= 4 is 5.91 Å². The molecular formula is C15H21FN2O3. The molecule has 0 unspecified atom stereocenters. The minimum atomic E-state index is -0.917. The lowest BCUT2D eigenvalue weighted by molar-refractivity contribution is 0.0235. The third kappa shape index (κ3) is 3.33. The molecule has 2 rings (SSSR count). The highest BCUT2D eigenvalue weighted by atomic mass is 19.1. The molecule has 116 valence electrons. The van der Waals surface area contributed by atoms with E-state index in [-0.39, 0.29) is 23.8 Å². The van der Waals surface area contributed by atoms with Gasteiger partial charge in [-0.05, 0) is 32.6 Å². The number of benzene rings is 1. The summed E-state index contributed by atoms with van der Waals surface area (Å²) in [4.78, 5) is 15.9. The smallest absolute Gasteiger partial charge is 0.257 e. The Morgan fingerprint density at radius 3 is 2.86 bits per heavy atom. The van der Waals surface area contributed by atoms with E-state index in [1.807, 2.05) is 19.0 Å². The molecule has 21 heavy (non-hydrogen) atoms. The third-order valence-electron chi connectivity index (χ3n) is 3.63. The molecule has 1 aliphatic heterocycles. The van der Waals surface area contributed by atoms with Crippen LogP contribution >= 0.6 is 0 Å². The SMILES string of the molecule is COc1c(F)cccc1C(=O)N1CC[C@@](O)(CN(C)C)C1. The zero-order chi connectivity index (χ0) is 15.6. The van der Waals surface area contributed by atoms with Crippen LogP contribution < -0.4 is 4.74 Å². The van der Waals surface area contributed by atoms with Gasteiger partial charge in [-0.25, -0.2) is 4.39 Å². The van der Waals surface area contributed by atoms with Crippen LogP contribution in [0.5, 0.6) is 5.75 Å². The number of amides is 1. The molecule has 1 fully saturated rings. The van der Waals surface area contributed by atoms with E-state index >= 15 is 0 Å². The standard InChI is InChI=1S/C15H21FN2O3/c1-17(2)9-15(20)7-8-18(10-15)14(19)11-5-4-6-12(16)13(11)21-3/h4-6,20H,7-10H2,1-3H3/t15-/m1/s1. The van der Waals surface area contributed by atoms with E-state index in [0.717, 1.165) is 0 Å². The largest absolute Gasteiger partial charge is 0.493 e. The van der Waals surface area contributed by atoms with Crippen LogP contribution in [0.1, 0.15) is 16.8 Å². The van der Waals surface area contributed by atoms with Crippen molar-refractivity contribution in [3.63, 3.8) is 0 Å². The monoisotopic (exact) mass is 296 g/mol. The number of carbonyl (C=O) groups is 1. The first-order chi connectivity index (χ1) is 9.86. The third-order valence-corrected chi connectivity index (χ3v) is 3.63. The number of rotatable bonds is 4. The first kappa shape index (κ1) is 15.7. The molecular weight excluding hydrogens is 275 g/mol. The van der Waals surface area contributed by atoms with Gasteiger partial charge in [0.05, 0.1) is 24.8 Å². The normalized spacial score (nSPS) is 21.9. The van der Waals surface area contributed by atoms with Gasteiger partial charge in [-0.1, -0.05) is 6.07 Å². The fraction of sp³-hybridized carbons (Fsp3) is 0.533. The van der Waals surface area contributed by atoms with Gasteiger partial charge in [0.2, 0.25) is 0 Å². The molecule has 1 aliphatic rings. The van der Waals surface area contributed by atoms with Crippen LogP contribution in [0.15, 0.2) is 18.2 Å². The maximum absolute atomic E-state index is 13.7. The molecule has 5 nitrogen and oxygen atoms in total. The number of hydrogen-bond donors (Lipinski definition) is 1. The van der Waals surface area contributed by atoms with Gasteiger partial charge in [-0.15, -0.1) is 0 Å². The summed E-state index contributed by atoms with van der Waals surface area (Å²) in [6.45, 7) is 1.17. The number of aliphatic hydroxyl groups is 1. The van der Waals surface area contributed by atoms with E-state index in [1.54, 1.807) is 4.90 Å². The van der Waals surface area contributed by atoms with Crippen LogP contribution in [0.25, 0.3) is 0 Å². The van der Waals surface area contributed by atoms with Crippen LogP contribution in [-0.2, 0) is 0 Å². The maximum Gasteiger partial charge on any atom is 0.257 e. The summed E-state index contributed by atoms with van der Waals surface area (Å²) in [6, 6.07) is 4.27. The molecule has 0 aromatic heterocycles. The van der Waals surface area contributed by atoms with Crippen molar-refractivity contribution in [3.05, 3.63) is 29.6 Å². The summed E-state index contributed by atoms with van der Waals surface area (Å²) in [5.74, 6) is -0.933. The highest BCUT2D eigenvalue weighted by molar-refractivity contribution is 5.97. The number of nitrogens with zero attached hydrogens (tertiary/aromatic N) is 2. The van der Waals surface area contributed by atoms with Gasteiger partial charge in [-0.3, -0.25) is 4.79 Å². The van der Waals surface area contributed by atoms with Gasteiger partial charge in [0.1, 0.15) is 0 Å². The summed E-state index contributed by atoms with van der Waals surface area (Å²) in [6.07, 6.45) is 0.508. The van der Waals surface area contributed by atoms with Gasteiger partial charge in [0.25, 0.3) is 5.91 Å². The van der Waals surface area contributed by atoms with Gasteiger partial charge < -0.3 is 19.6 Å². The molecule has 1 amide bonds. The van der Waals surface area contributed by atoms with Crippen LogP contribution in [-0.4, -0.2) is 67.3 Å². The number of hydrogen-bond acceptors (Lipinski definition) is 4. The van der Waals surface area contributed by atoms with Crippen LogP contribution in [0.3, 0.4) is 0 Å². The quantitative estimate of drug-likeness (QED) is 0.899. The van der Waals surface area contributed by atoms with Crippen molar-refractivity contribution in [2.75, 3.05) is 40.8 Å². The van der Waals surface area contributed by atoms with Crippen molar-refractivity contribution < 1.29 is 19.0 Å². The Bertz CT molecular complexity index is 536. The number of methoxy groups -OCH3 is 1. The zero-order valence-corrected chi connectivity index (χ0v) is 12.6. The molecule has 1 aromatic carbocycles. The predicted molar refractivity (Wildman–Crippen MR) is 77.0 cm³/mol. The second-order valence-corrected chi connectivity index (χ2v) is 5.76. The number of para-hydroxylation sites is 1. The Kier molecular flexibility index (Phi) is 4.49. The van der Waals surface area contributed by atoms with Crippen molar-refractivity contribution in [1.29, 1.82) is 0 Å². The first-order valence-electron chi connectivity index (χ1n) is 6.85. The minimum Gasteiger partial charge on any atom is -0.493 e. The molecule has 6 heteroatoms. The summed E-state index contributed by atoms with van der Waals surface area (Å²) in [5, 5.41) is 10.5. The van der Waals surface area contributed by atoms with Crippen molar-refractivity contribution in [1.82, 2.24) is 9.80 Å². The number of carbonyl (C=O) groups excluding carboxylic acids is 1. The number of likely N-dealkylation sites (N-methyl/N-ethyl adjacent to an activating group) is 1. The Morgan fingerprint density at radius 1 is 1.52 bits per heavy atom. The lowest BCUT2D eigenvalue weighted by Gasteiger charge is -2.26. The van der Waals surface area contributed by atoms with Gasteiger partial charge in [-0.2, -0.15) is 0 Å². The molecule has 0 aliphatic carbocycles. The van der Waals surface area contributed by atoms with Gasteiger partial charge >= 0.3 is 0 Å². The van der Waals surface area contributed by atoms with Crippen LogP contribution in [0.2, 0.25) is 0 Å². The summed E-state index contributed by atoms with van der Waals surface area (Å²) in [5.41, 5.74) is -0.730. The van der Waals surface area contributed by atoms with Gasteiger partial charge in [0, 0.05) is 13.1 Å². The van der Waals surface area contributed by atoms with E-state index in [4.69, 9.17) is 4.74 Å². The molecule has 0 bridgehead atoms. The molecule has 1 aromatic rings. The molecule has 1 saturated heterocycles. The number of β-amino-alcohol motifs (C(OH)–C–C–N with tert-alkyl or cyclic N) is 1. The zero-order valence-electron chi connectivity index (χ0n) is 12.6. The molecule has 1 atom stereocenters. The van der Waals surface area contributed by atoms with Crippen LogP contribution in [0, 0.1) is 5.82 Å². The highest BCUT2D eigenvalue weighted by Gasteiger charge is 2.39. The predicted octanol–water partition coefficient (Wildman–Crippen LogP) is 0.973. The van der Waals surface area contributed by atoms with Crippen LogP contribution in [0.4, 0.5) is 4.39 Å². The fourth-order valence-corrected chi connectivity index (χ4v) is 2.80. The van der Waals surface area contributed by atoms with Crippen molar-refractivity contribution in [3.8, 4) is 5.75 Å². The average Bonchev–Trinajstić information content (AvgIpc) is 2.78. The summed E-state index contributed by atoms with van der Waals surface area (Å²) >= 11 is 0. The number of likely N-dealkylation sites (tertiary alicyclic amines) is 1. The highest BCUT2D eigenvalue weighted by Crippen LogP contribution is 2.28. The van der Waals surface area contributed by atoms with E-state index in [9.17, 15) is 14.3 Å². The summed E-state index contributed by atoms with van der Waals surface area (Å²) in [7, 11) is 5.08. The lowest BCUT2D eigenvalue weighted by atomic mass is 10.0. The molecule has 0 spiro atoms. The molecule has 0 saturated carbocycles. The summed E-state index contributed by atoms with van der Waals surface area (Å²) < 4.78 is 18.7. The van der Waals surface area contributed by atoms with Gasteiger partial charge in [0.15, 0.2) is 11.6 Å². The molecule has 1 N–H and O–H groups in total. The van der Waals surface area contributed by atoms with E-state index in [1.165, 1.54) is 25.3 Å². The van der Waals surface area contributed by atoms with Crippen molar-refractivity contribution in [2.24, 2.45) is 0 Å². The Morgan fingerprint density at radius 2 is 2.24 bits per heavy atom.